The lowest BCUT2D eigenvalue weighted by atomic mass is 9.42. The minimum Gasteiger partial charge on any atom is -0.460 e. The van der Waals surface area contributed by atoms with Crippen molar-refractivity contribution >= 4 is 5.97 Å². The average Bonchev–Trinajstić information content (AvgIpc) is 3.47. The maximum atomic E-state index is 12.8. The predicted octanol–water partition coefficient (Wildman–Crippen LogP) is 2.80. The zero-order valence-electron chi connectivity index (χ0n) is 39.7. The molecule has 3 heterocycles. The molecule has 0 radical (unpaired) electrons. The second-order valence-electron chi connectivity index (χ2n) is 21.0. The molecule has 22 atom stereocenters. The van der Waals surface area contributed by atoms with Gasteiger partial charge in [0, 0.05) is 46.5 Å². The summed E-state index contributed by atoms with van der Waals surface area (Å²) in [5.41, 5.74) is -6.31. The monoisotopic (exact) mass is 915 g/mol. The Morgan fingerprint density at radius 2 is 1.38 bits per heavy atom. The molecule has 17 nitrogen and oxygen atoms in total. The first-order chi connectivity index (χ1) is 30.0. The lowest BCUT2D eigenvalue weighted by Gasteiger charge is -2.67. The molecule has 4 aliphatic carbocycles. The summed E-state index contributed by atoms with van der Waals surface area (Å²) in [6, 6.07) is 0. The summed E-state index contributed by atoms with van der Waals surface area (Å²) in [5, 5.41) is 71.2. The highest BCUT2D eigenvalue weighted by molar-refractivity contribution is 5.70. The van der Waals surface area contributed by atoms with E-state index in [9.17, 15) is 35.4 Å². The van der Waals surface area contributed by atoms with Crippen LogP contribution in [0, 0.1) is 22.7 Å². The zero-order chi connectivity index (χ0) is 46.9. The first kappa shape index (κ1) is 50.5. The molecule has 3 saturated carbocycles. The van der Waals surface area contributed by atoms with Crippen LogP contribution in [0.15, 0.2) is 11.6 Å². The zero-order valence-corrected chi connectivity index (χ0v) is 39.7. The third-order valence-corrected chi connectivity index (χ3v) is 17.0. The molecular formula is C47H78O17. The minimum atomic E-state index is -1.86. The van der Waals surface area contributed by atoms with Gasteiger partial charge in [-0.1, -0.05) is 39.3 Å². The summed E-state index contributed by atoms with van der Waals surface area (Å²) < 4.78 is 61.0. The Morgan fingerprint density at radius 3 is 1.97 bits per heavy atom. The fraction of sp³-hybridized carbons (Fsp3) is 0.936. The van der Waals surface area contributed by atoms with Crippen LogP contribution >= 0.6 is 0 Å². The molecule has 17 heteroatoms. The number of aliphatic hydroxyl groups excluding tert-OH is 3. The second kappa shape index (κ2) is 18.8. The van der Waals surface area contributed by atoms with Gasteiger partial charge in [-0.05, 0) is 84.0 Å². The number of hydrogen-bond acceptors (Lipinski definition) is 17. The van der Waals surface area contributed by atoms with Crippen molar-refractivity contribution in [1.82, 2.24) is 0 Å². The number of aliphatic hydroxyl groups is 6. The van der Waals surface area contributed by atoms with Crippen molar-refractivity contribution in [2.75, 3.05) is 21.3 Å². The van der Waals surface area contributed by atoms with Crippen LogP contribution in [0.1, 0.15) is 120 Å². The maximum absolute atomic E-state index is 12.8. The maximum Gasteiger partial charge on any atom is 0.306 e. The highest BCUT2D eigenvalue weighted by atomic mass is 16.8. The number of carbonyl (C=O) groups excluding carboxylic acids is 1. The standard InChI is InChI=1S/C47H78O17/c1-23(2)18-34(49)61-27(6)45(52)16-17-47(54)44(45,8)33(48)22-32-43(7)14-13-29(19-28(43)12-15-46(32,47)53)62-35-20-30(55-9)39(25(4)58-35)63-36-21-31(56-10)40(26(5)59-36)64-42-38(51)41(57-11)37(50)24(3)60-42/h12,23-27,29-33,35-42,48,50-54H,13-22H2,1-11H3. The van der Waals surface area contributed by atoms with Gasteiger partial charge in [-0.25, -0.2) is 0 Å². The van der Waals surface area contributed by atoms with Crippen LogP contribution in [0.2, 0.25) is 0 Å². The van der Waals surface area contributed by atoms with Gasteiger partial charge in [-0.2, -0.15) is 0 Å². The van der Waals surface area contributed by atoms with Gasteiger partial charge in [0.25, 0.3) is 0 Å². The van der Waals surface area contributed by atoms with Gasteiger partial charge >= 0.3 is 5.97 Å². The molecule has 0 aromatic carbocycles. The molecule has 7 aliphatic rings. The Morgan fingerprint density at radius 1 is 0.766 bits per heavy atom. The molecule has 0 aromatic heterocycles. The first-order valence-electron chi connectivity index (χ1n) is 23.6. The van der Waals surface area contributed by atoms with E-state index in [2.05, 4.69) is 6.92 Å². The molecule has 0 spiro atoms. The second-order valence-corrected chi connectivity index (χ2v) is 21.0. The van der Waals surface area contributed by atoms with Crippen molar-refractivity contribution in [3.63, 3.8) is 0 Å². The quantitative estimate of drug-likeness (QED) is 0.115. The van der Waals surface area contributed by atoms with Crippen LogP contribution in [0.4, 0.5) is 0 Å². The Bertz CT molecular complexity index is 1670. The third kappa shape index (κ3) is 8.35. The van der Waals surface area contributed by atoms with Gasteiger partial charge in [0.1, 0.15) is 53.4 Å². The Labute approximate surface area is 378 Å². The fourth-order valence-corrected chi connectivity index (χ4v) is 13.1. The third-order valence-electron chi connectivity index (χ3n) is 17.0. The van der Waals surface area contributed by atoms with Gasteiger partial charge in [-0.3, -0.25) is 4.79 Å². The summed E-state index contributed by atoms with van der Waals surface area (Å²) in [6.07, 6.45) is -6.31. The summed E-state index contributed by atoms with van der Waals surface area (Å²) in [4.78, 5) is 12.7. The average molecular weight is 915 g/mol. The van der Waals surface area contributed by atoms with Gasteiger partial charge in [-0.15, -0.1) is 0 Å². The van der Waals surface area contributed by atoms with E-state index in [0.29, 0.717) is 32.1 Å². The molecule has 0 bridgehead atoms. The van der Waals surface area contributed by atoms with E-state index in [0.717, 1.165) is 5.57 Å². The van der Waals surface area contributed by atoms with Crippen LogP contribution < -0.4 is 0 Å². The van der Waals surface area contributed by atoms with Crippen molar-refractivity contribution in [3.8, 4) is 0 Å². The van der Waals surface area contributed by atoms with Crippen LogP contribution in [0.25, 0.3) is 0 Å². The van der Waals surface area contributed by atoms with Crippen molar-refractivity contribution in [2.24, 2.45) is 22.7 Å². The minimum absolute atomic E-state index is 0.0415. The number of ether oxygens (including phenoxy) is 10. The SMILES string of the molecule is COC1CC(OC2CCC3(C)C(=CCC4(O)C3CC(O)C3(C)C(O)(C(C)OC(=O)CC(C)C)CCC43O)C2)OC(C)C1OC1CC(OC)C(OC2OC(C)C(O)C(OC)C2O)C(C)O1. The lowest BCUT2D eigenvalue weighted by molar-refractivity contribution is -0.352. The number of carbonyl (C=O) groups is 1. The molecule has 6 N–H and O–H groups in total. The molecule has 6 fully saturated rings. The van der Waals surface area contributed by atoms with E-state index >= 15 is 0 Å². The first-order valence-corrected chi connectivity index (χ1v) is 23.6. The highest BCUT2D eigenvalue weighted by Gasteiger charge is 2.80. The van der Waals surface area contributed by atoms with Gasteiger partial charge in [0.2, 0.25) is 0 Å². The van der Waals surface area contributed by atoms with Crippen LogP contribution in [0.5, 0.6) is 0 Å². The summed E-state index contributed by atoms with van der Waals surface area (Å²) in [7, 11) is 4.62. The van der Waals surface area contributed by atoms with E-state index in [1.54, 1.807) is 35.0 Å². The molecule has 3 aliphatic heterocycles. The number of fused-ring (bicyclic) bond motifs is 5. The van der Waals surface area contributed by atoms with Crippen LogP contribution in [0.3, 0.4) is 0 Å². The number of esters is 1. The Kier molecular flexibility index (Phi) is 14.9. The summed E-state index contributed by atoms with van der Waals surface area (Å²) >= 11 is 0. The van der Waals surface area contributed by atoms with E-state index in [1.807, 2.05) is 33.8 Å². The van der Waals surface area contributed by atoms with Crippen molar-refractivity contribution in [3.05, 3.63) is 11.6 Å². The normalized spacial score (nSPS) is 51.1. The molecular weight excluding hydrogens is 837 g/mol. The van der Waals surface area contributed by atoms with Crippen molar-refractivity contribution in [2.45, 2.75) is 235 Å². The Balaban J connectivity index is 0.972. The van der Waals surface area contributed by atoms with Gasteiger partial charge in [0.05, 0.1) is 48.1 Å². The molecule has 64 heavy (non-hydrogen) atoms. The lowest BCUT2D eigenvalue weighted by Crippen LogP contribution is -2.78. The molecule has 7 rings (SSSR count). The topological polar surface area (TPSA) is 231 Å². The molecule has 3 saturated heterocycles. The van der Waals surface area contributed by atoms with Crippen LogP contribution in [-0.2, 0) is 52.2 Å². The largest absolute Gasteiger partial charge is 0.460 e. The molecule has 0 aromatic rings. The molecule has 368 valence electrons. The van der Waals surface area contributed by atoms with Gasteiger partial charge < -0.3 is 78.0 Å². The van der Waals surface area contributed by atoms with Crippen molar-refractivity contribution in [1.29, 1.82) is 0 Å². The molecule has 22 unspecified atom stereocenters. The number of methoxy groups -OCH3 is 3. The van der Waals surface area contributed by atoms with Crippen LogP contribution in [-0.4, -0.2) is 173 Å². The van der Waals surface area contributed by atoms with E-state index in [1.165, 1.54) is 7.11 Å². The fourth-order valence-electron chi connectivity index (χ4n) is 13.1. The smallest absolute Gasteiger partial charge is 0.306 e. The number of hydrogen-bond donors (Lipinski definition) is 6. The summed E-state index contributed by atoms with van der Waals surface area (Å²) in [5.74, 6) is -0.895. The van der Waals surface area contributed by atoms with E-state index in [4.69, 9.17) is 47.4 Å². The van der Waals surface area contributed by atoms with Gasteiger partial charge in [0.15, 0.2) is 18.9 Å². The highest BCUT2D eigenvalue weighted by Crippen LogP contribution is 2.71. The Hall–Kier alpha value is -1.39. The van der Waals surface area contributed by atoms with E-state index < -0.39 is 132 Å². The van der Waals surface area contributed by atoms with Crippen molar-refractivity contribution < 1.29 is 82.8 Å². The number of rotatable bonds is 13. The predicted molar refractivity (Wildman–Crippen MR) is 227 cm³/mol. The summed E-state index contributed by atoms with van der Waals surface area (Å²) in [6.45, 7) is 14.6. The molecule has 0 amide bonds. The van der Waals surface area contributed by atoms with E-state index in [-0.39, 0.29) is 44.1 Å².